The van der Waals surface area contributed by atoms with Crippen molar-refractivity contribution in [1.82, 2.24) is 9.88 Å². The Kier molecular flexibility index (Phi) is 6.77. The van der Waals surface area contributed by atoms with Gasteiger partial charge in [0.05, 0.1) is 7.11 Å². The first-order valence-electron chi connectivity index (χ1n) is 11.9. The van der Waals surface area contributed by atoms with E-state index in [0.717, 1.165) is 42.6 Å². The van der Waals surface area contributed by atoms with Crippen molar-refractivity contribution in [3.05, 3.63) is 89.2 Å². The van der Waals surface area contributed by atoms with Crippen LogP contribution in [0.1, 0.15) is 35.1 Å². The number of pyridine rings is 1. The van der Waals surface area contributed by atoms with E-state index < -0.39 is 0 Å². The normalized spacial score (nSPS) is 17.4. The lowest BCUT2D eigenvalue weighted by molar-refractivity contribution is -0.142. The molecule has 0 bridgehead atoms. The molecule has 3 aromatic rings. The molecule has 0 radical (unpaired) electrons. The van der Waals surface area contributed by atoms with Gasteiger partial charge in [-0.2, -0.15) is 0 Å². The lowest BCUT2D eigenvalue weighted by Crippen LogP contribution is -2.38. The van der Waals surface area contributed by atoms with E-state index in [9.17, 15) is 4.79 Å². The van der Waals surface area contributed by atoms with Gasteiger partial charge in [-0.15, -0.1) is 0 Å². The Hall–Kier alpha value is -3.38. The number of amides is 1. The maximum absolute atomic E-state index is 13.2. The van der Waals surface area contributed by atoms with Crippen LogP contribution < -0.4 is 9.47 Å². The molecule has 34 heavy (non-hydrogen) atoms. The van der Waals surface area contributed by atoms with Crippen LogP contribution in [0.2, 0.25) is 0 Å². The predicted octanol–water partition coefficient (Wildman–Crippen LogP) is 4.34. The molecule has 6 nitrogen and oxygen atoms in total. The van der Waals surface area contributed by atoms with Gasteiger partial charge in [0.15, 0.2) is 11.5 Å². The summed E-state index contributed by atoms with van der Waals surface area (Å²) in [5.41, 5.74) is 4.72. The van der Waals surface area contributed by atoms with Crippen molar-refractivity contribution >= 4 is 5.91 Å². The average Bonchev–Trinajstić information content (AvgIpc) is 3.54. The molecule has 5 rings (SSSR count). The third-order valence-corrected chi connectivity index (χ3v) is 6.55. The highest BCUT2D eigenvalue weighted by Gasteiger charge is 2.29. The van der Waals surface area contributed by atoms with Gasteiger partial charge >= 0.3 is 0 Å². The van der Waals surface area contributed by atoms with Crippen LogP contribution in [0.15, 0.2) is 67.0 Å². The Morgan fingerprint density at radius 1 is 1.00 bits per heavy atom. The number of carbonyl (C=O) groups excluding carboxylic acids is 1. The van der Waals surface area contributed by atoms with Crippen LogP contribution in [0.5, 0.6) is 11.5 Å². The van der Waals surface area contributed by atoms with Crippen molar-refractivity contribution in [2.45, 2.75) is 51.0 Å². The summed E-state index contributed by atoms with van der Waals surface area (Å²) in [6.07, 6.45) is 6.72. The molecule has 1 amide bonds. The van der Waals surface area contributed by atoms with Crippen LogP contribution in [0.25, 0.3) is 0 Å². The largest absolute Gasteiger partial charge is 0.493 e. The zero-order valence-corrected chi connectivity index (χ0v) is 19.5. The number of rotatable bonds is 8. The van der Waals surface area contributed by atoms with E-state index in [2.05, 4.69) is 29.2 Å². The molecule has 1 atom stereocenters. The zero-order valence-electron chi connectivity index (χ0n) is 19.5. The minimum absolute atomic E-state index is 0.0253. The fraction of sp³-hybridized carbons (Fsp3) is 0.357. The number of hydrogen-bond acceptors (Lipinski definition) is 5. The van der Waals surface area contributed by atoms with E-state index in [1.807, 2.05) is 35.2 Å². The molecule has 2 heterocycles. The van der Waals surface area contributed by atoms with Gasteiger partial charge in [0.1, 0.15) is 12.2 Å². The average molecular weight is 459 g/mol. The molecule has 1 aliphatic heterocycles. The quantitative estimate of drug-likeness (QED) is 0.502. The van der Waals surface area contributed by atoms with E-state index >= 15 is 0 Å². The summed E-state index contributed by atoms with van der Waals surface area (Å²) in [7, 11) is 1.65. The highest BCUT2D eigenvalue weighted by atomic mass is 16.5. The maximum Gasteiger partial charge on any atom is 0.252 e. The van der Waals surface area contributed by atoms with Crippen molar-refractivity contribution in [2.75, 3.05) is 13.7 Å². The molecule has 0 saturated carbocycles. The number of fused-ring (bicyclic) bond motifs is 1. The first-order valence-corrected chi connectivity index (χ1v) is 11.9. The zero-order chi connectivity index (χ0) is 23.3. The van der Waals surface area contributed by atoms with Gasteiger partial charge in [-0.05, 0) is 59.4 Å². The molecular weight excluding hydrogens is 428 g/mol. The molecule has 0 spiro atoms. The van der Waals surface area contributed by atoms with Crippen molar-refractivity contribution in [1.29, 1.82) is 0 Å². The molecular formula is C28H30N2O4. The molecule has 2 aromatic carbocycles. The van der Waals surface area contributed by atoms with E-state index in [0.29, 0.717) is 25.4 Å². The highest BCUT2D eigenvalue weighted by Crippen LogP contribution is 2.33. The van der Waals surface area contributed by atoms with Gasteiger partial charge in [-0.25, -0.2) is 0 Å². The number of methoxy groups -OCH3 is 1. The van der Waals surface area contributed by atoms with E-state index in [4.69, 9.17) is 14.2 Å². The maximum atomic E-state index is 13.2. The summed E-state index contributed by atoms with van der Waals surface area (Å²) in [6, 6.07) is 18.3. The Morgan fingerprint density at radius 2 is 1.74 bits per heavy atom. The molecule has 6 heteroatoms. The summed E-state index contributed by atoms with van der Waals surface area (Å²) >= 11 is 0. The second kappa shape index (κ2) is 10.3. The molecule has 1 fully saturated rings. The van der Waals surface area contributed by atoms with E-state index in [-0.39, 0.29) is 18.1 Å². The summed E-state index contributed by atoms with van der Waals surface area (Å²) in [5.74, 6) is 1.44. The first-order chi connectivity index (χ1) is 16.7. The number of aromatic nitrogens is 1. The third kappa shape index (κ3) is 5.07. The van der Waals surface area contributed by atoms with E-state index in [1.165, 1.54) is 11.1 Å². The molecule has 176 valence electrons. The van der Waals surface area contributed by atoms with Crippen LogP contribution in [0, 0.1) is 0 Å². The lowest BCUT2D eigenvalue weighted by atomic mass is 10.1. The minimum atomic E-state index is -0.365. The van der Waals surface area contributed by atoms with Gasteiger partial charge < -0.3 is 19.1 Å². The molecule has 1 aromatic heterocycles. The van der Waals surface area contributed by atoms with Crippen LogP contribution in [-0.4, -0.2) is 41.7 Å². The number of carbonyl (C=O) groups is 1. The van der Waals surface area contributed by atoms with Crippen LogP contribution in [0.3, 0.4) is 0 Å². The molecule has 2 aliphatic rings. The molecule has 1 aliphatic carbocycles. The van der Waals surface area contributed by atoms with Gasteiger partial charge in [-0.1, -0.05) is 30.3 Å². The minimum Gasteiger partial charge on any atom is -0.493 e. The molecule has 1 saturated heterocycles. The second-order valence-corrected chi connectivity index (χ2v) is 8.95. The summed E-state index contributed by atoms with van der Waals surface area (Å²) < 4.78 is 17.7. The fourth-order valence-corrected chi connectivity index (χ4v) is 4.81. The van der Waals surface area contributed by atoms with Gasteiger partial charge in [0, 0.05) is 44.9 Å². The summed E-state index contributed by atoms with van der Waals surface area (Å²) in [4.78, 5) is 19.2. The Morgan fingerprint density at radius 3 is 2.41 bits per heavy atom. The number of ether oxygens (including phenoxy) is 3. The Balaban J connectivity index is 1.31. The number of hydrogen-bond donors (Lipinski definition) is 0. The van der Waals surface area contributed by atoms with Crippen molar-refractivity contribution in [3.8, 4) is 11.5 Å². The van der Waals surface area contributed by atoms with Gasteiger partial charge in [0.2, 0.25) is 0 Å². The van der Waals surface area contributed by atoms with Gasteiger partial charge in [-0.3, -0.25) is 9.78 Å². The van der Waals surface area contributed by atoms with Crippen molar-refractivity contribution < 1.29 is 19.0 Å². The Labute approximate surface area is 200 Å². The fourth-order valence-electron chi connectivity index (χ4n) is 4.81. The molecule has 0 N–H and O–H groups in total. The lowest BCUT2D eigenvalue weighted by Gasteiger charge is -2.26. The van der Waals surface area contributed by atoms with Gasteiger partial charge in [0.25, 0.3) is 5.91 Å². The summed E-state index contributed by atoms with van der Waals surface area (Å²) in [5, 5.41) is 0. The predicted molar refractivity (Wildman–Crippen MR) is 129 cm³/mol. The van der Waals surface area contributed by atoms with E-state index in [1.54, 1.807) is 19.5 Å². The molecule has 0 unspecified atom stereocenters. The number of benzene rings is 2. The smallest absolute Gasteiger partial charge is 0.252 e. The second-order valence-electron chi connectivity index (χ2n) is 8.95. The third-order valence-electron chi connectivity index (χ3n) is 6.55. The monoisotopic (exact) mass is 458 g/mol. The topological polar surface area (TPSA) is 60.9 Å². The van der Waals surface area contributed by atoms with Crippen molar-refractivity contribution in [2.24, 2.45) is 0 Å². The van der Waals surface area contributed by atoms with Crippen LogP contribution in [-0.2, 0) is 35.5 Å². The van der Waals surface area contributed by atoms with Crippen molar-refractivity contribution in [3.63, 3.8) is 0 Å². The van der Waals surface area contributed by atoms with Crippen LogP contribution >= 0.6 is 0 Å². The Bertz CT molecular complexity index is 1100. The first kappa shape index (κ1) is 22.4. The number of nitrogens with zero attached hydrogens (tertiary/aromatic N) is 2. The highest BCUT2D eigenvalue weighted by molar-refractivity contribution is 5.81. The SMILES string of the molecule is COc1cc(CN(Cc2ccncc2)C(=O)[C@@H]2CCCO2)ccc1OC1Cc2ccccc2C1. The van der Waals surface area contributed by atoms with Crippen LogP contribution in [0.4, 0.5) is 0 Å². The summed E-state index contributed by atoms with van der Waals surface area (Å²) in [6.45, 7) is 1.61. The standard InChI is InChI=1S/C28H30N2O4/c1-32-27-15-21(8-9-25(27)34-24-16-22-5-2-3-6-23(22)17-24)19-30(18-20-10-12-29-13-11-20)28(31)26-7-4-14-33-26/h2-3,5-6,8-13,15,24,26H,4,7,14,16-19H2,1H3/t26-/m0/s1.